The van der Waals surface area contributed by atoms with E-state index in [2.05, 4.69) is 62.5 Å². The van der Waals surface area contributed by atoms with Crippen molar-refractivity contribution in [1.82, 2.24) is 0 Å². The number of aliphatic hydroxyl groups excluding tert-OH is 1. The molecule has 0 fully saturated rings. The highest BCUT2D eigenvalue weighted by atomic mass is 16.6. The fraction of sp³-hybridized carbons (Fsp3) is 0.877. The SMILES string of the molecule is CCCCCCC/C=C\C/C=C\CCCCCCCCCCCCCCCCCCCCCCCCCCCCCC(=O)OC(CO)COC(=O)CCCCCCCCCCCCCCCCCCCCCCC/C=C\C/C=C\CCCCCCC. The molecule has 0 spiro atoms. The summed E-state index contributed by atoms with van der Waals surface area (Å²) < 4.78 is 10.8. The minimum absolute atomic E-state index is 0.0590. The van der Waals surface area contributed by atoms with Crippen LogP contribution in [-0.2, 0) is 19.1 Å². The van der Waals surface area contributed by atoms with Crippen molar-refractivity contribution in [2.24, 2.45) is 0 Å². The van der Waals surface area contributed by atoms with E-state index in [4.69, 9.17) is 9.47 Å². The smallest absolute Gasteiger partial charge is 0.306 e. The van der Waals surface area contributed by atoms with Crippen LogP contribution >= 0.6 is 0 Å². The van der Waals surface area contributed by atoms with Crippen molar-refractivity contribution in [2.75, 3.05) is 13.2 Å². The summed E-state index contributed by atoms with van der Waals surface area (Å²) in [4.78, 5) is 24.7. The molecule has 0 aliphatic heterocycles. The highest BCUT2D eigenvalue weighted by Gasteiger charge is 2.16. The first-order valence-electron chi connectivity index (χ1n) is 39.2. The lowest BCUT2D eigenvalue weighted by Gasteiger charge is -2.15. The topological polar surface area (TPSA) is 72.8 Å². The van der Waals surface area contributed by atoms with Crippen molar-refractivity contribution in [3.63, 3.8) is 0 Å². The average molecular weight is 1210 g/mol. The van der Waals surface area contributed by atoms with Gasteiger partial charge in [-0.3, -0.25) is 9.59 Å². The van der Waals surface area contributed by atoms with Crippen molar-refractivity contribution >= 4 is 11.9 Å². The van der Waals surface area contributed by atoms with Gasteiger partial charge in [0.15, 0.2) is 6.10 Å². The van der Waals surface area contributed by atoms with Gasteiger partial charge in [0.1, 0.15) is 6.61 Å². The Morgan fingerprint density at radius 1 is 0.267 bits per heavy atom. The number of hydrogen-bond acceptors (Lipinski definition) is 5. The highest BCUT2D eigenvalue weighted by Crippen LogP contribution is 2.20. The summed E-state index contributed by atoms with van der Waals surface area (Å²) >= 11 is 0. The summed E-state index contributed by atoms with van der Waals surface area (Å²) in [7, 11) is 0. The van der Waals surface area contributed by atoms with Crippen LogP contribution in [0.25, 0.3) is 0 Å². The number of rotatable bonds is 74. The van der Waals surface area contributed by atoms with E-state index in [0.717, 1.165) is 44.9 Å². The van der Waals surface area contributed by atoms with Crippen LogP contribution in [-0.4, -0.2) is 36.4 Å². The van der Waals surface area contributed by atoms with E-state index in [1.165, 1.54) is 366 Å². The predicted molar refractivity (Wildman–Crippen MR) is 381 cm³/mol. The third kappa shape index (κ3) is 74.3. The largest absolute Gasteiger partial charge is 0.462 e. The Hall–Kier alpha value is -2.14. The molecule has 1 unspecified atom stereocenters. The molecule has 0 aromatic rings. The van der Waals surface area contributed by atoms with Crippen LogP contribution in [0.4, 0.5) is 0 Å². The second-order valence-corrected chi connectivity index (χ2v) is 26.8. The van der Waals surface area contributed by atoms with Crippen LogP contribution in [0.2, 0.25) is 0 Å². The molecular weight excluding hydrogens is 1050 g/mol. The van der Waals surface area contributed by atoms with E-state index in [-0.39, 0.29) is 25.2 Å². The Labute approximate surface area is 539 Å². The summed E-state index contributed by atoms with van der Waals surface area (Å²) in [5.74, 6) is -0.563. The van der Waals surface area contributed by atoms with E-state index >= 15 is 0 Å². The molecule has 5 nitrogen and oxygen atoms in total. The van der Waals surface area contributed by atoms with Crippen LogP contribution in [0.3, 0.4) is 0 Å². The number of carbonyl (C=O) groups excluding carboxylic acids is 2. The molecule has 1 N–H and O–H groups in total. The molecule has 1 atom stereocenters. The number of aliphatic hydroxyl groups is 1. The average Bonchev–Trinajstić information content (AvgIpc) is 3.55. The zero-order valence-corrected chi connectivity index (χ0v) is 58.4. The molecule has 0 bridgehead atoms. The summed E-state index contributed by atoms with van der Waals surface area (Å²) in [6.07, 6.45) is 105. The van der Waals surface area contributed by atoms with Gasteiger partial charge in [-0.05, 0) is 77.0 Å². The molecule has 0 aromatic carbocycles. The van der Waals surface area contributed by atoms with Crippen LogP contribution in [0, 0.1) is 0 Å². The van der Waals surface area contributed by atoms with Gasteiger partial charge >= 0.3 is 11.9 Å². The minimum Gasteiger partial charge on any atom is -0.462 e. The summed E-state index contributed by atoms with van der Waals surface area (Å²) in [5, 5.41) is 9.72. The minimum atomic E-state index is -0.770. The molecule has 0 rings (SSSR count). The molecule has 0 aliphatic carbocycles. The zero-order valence-electron chi connectivity index (χ0n) is 58.4. The van der Waals surface area contributed by atoms with Gasteiger partial charge in [0, 0.05) is 12.8 Å². The maximum atomic E-state index is 12.4. The van der Waals surface area contributed by atoms with Gasteiger partial charge in [0.25, 0.3) is 0 Å². The molecule has 0 aromatic heterocycles. The van der Waals surface area contributed by atoms with Gasteiger partial charge in [-0.1, -0.05) is 396 Å². The van der Waals surface area contributed by atoms with Crippen molar-refractivity contribution < 1.29 is 24.2 Å². The molecule has 0 saturated heterocycles. The Kier molecular flexibility index (Phi) is 75.2. The van der Waals surface area contributed by atoms with Gasteiger partial charge in [0.05, 0.1) is 6.61 Å². The number of unbranched alkanes of at least 4 members (excludes halogenated alkanes) is 58. The molecule has 0 amide bonds. The molecular formula is C81H152O5. The number of esters is 2. The Morgan fingerprint density at radius 2 is 0.465 bits per heavy atom. The molecule has 0 aliphatic rings. The maximum Gasteiger partial charge on any atom is 0.306 e. The van der Waals surface area contributed by atoms with Crippen molar-refractivity contribution in [2.45, 2.75) is 444 Å². The van der Waals surface area contributed by atoms with Gasteiger partial charge in [-0.2, -0.15) is 0 Å². The van der Waals surface area contributed by atoms with Crippen LogP contribution in [0.1, 0.15) is 438 Å². The van der Waals surface area contributed by atoms with E-state index in [0.29, 0.717) is 12.8 Å². The van der Waals surface area contributed by atoms with Crippen molar-refractivity contribution in [3.05, 3.63) is 48.6 Å². The molecule has 86 heavy (non-hydrogen) atoms. The normalized spacial score (nSPS) is 12.4. The fourth-order valence-corrected chi connectivity index (χ4v) is 12.2. The Bertz CT molecular complexity index is 1410. The van der Waals surface area contributed by atoms with Crippen molar-refractivity contribution in [1.29, 1.82) is 0 Å². The van der Waals surface area contributed by atoms with E-state index in [9.17, 15) is 14.7 Å². The number of carbonyl (C=O) groups is 2. The fourth-order valence-electron chi connectivity index (χ4n) is 12.2. The molecule has 506 valence electrons. The lowest BCUT2D eigenvalue weighted by atomic mass is 10.0. The van der Waals surface area contributed by atoms with Crippen LogP contribution in [0.5, 0.6) is 0 Å². The van der Waals surface area contributed by atoms with Gasteiger partial charge in [-0.25, -0.2) is 0 Å². The lowest BCUT2D eigenvalue weighted by molar-refractivity contribution is -0.161. The summed E-state index contributed by atoms with van der Waals surface area (Å²) in [6, 6.07) is 0. The van der Waals surface area contributed by atoms with Gasteiger partial charge in [-0.15, -0.1) is 0 Å². The van der Waals surface area contributed by atoms with Crippen molar-refractivity contribution in [3.8, 4) is 0 Å². The second-order valence-electron chi connectivity index (χ2n) is 26.8. The van der Waals surface area contributed by atoms with E-state index in [1.54, 1.807) is 0 Å². The van der Waals surface area contributed by atoms with Gasteiger partial charge in [0.2, 0.25) is 0 Å². The van der Waals surface area contributed by atoms with E-state index in [1.807, 2.05) is 0 Å². The first kappa shape index (κ1) is 83.9. The first-order valence-corrected chi connectivity index (χ1v) is 39.2. The maximum absolute atomic E-state index is 12.4. The third-order valence-corrected chi connectivity index (χ3v) is 18.1. The van der Waals surface area contributed by atoms with Crippen LogP contribution < -0.4 is 0 Å². The predicted octanol–water partition coefficient (Wildman–Crippen LogP) is 27.4. The standard InChI is InChI=1S/C81H152O5/c1-3-5-7-9-11-13-15-17-19-21-23-25-27-29-31-33-35-37-38-39-40-41-42-44-46-48-50-52-54-56-58-60-62-64-66-68-70-72-74-76-81(84)86-79(77-82)78-85-80(83)75-73-71-69-67-65-63-61-59-57-55-53-51-49-47-45-43-36-34-32-30-28-26-24-22-20-18-16-14-12-10-8-6-4-2/h15-18,21-24,79,82H,3-14,19-20,25-78H2,1-2H3/b17-15-,18-16-,23-21-,24-22-. The Morgan fingerprint density at radius 3 is 0.686 bits per heavy atom. The number of hydrogen-bond donors (Lipinski definition) is 1. The lowest BCUT2D eigenvalue weighted by Crippen LogP contribution is -2.28. The third-order valence-electron chi connectivity index (χ3n) is 18.1. The van der Waals surface area contributed by atoms with Gasteiger partial charge < -0.3 is 14.6 Å². The number of allylic oxidation sites excluding steroid dienone is 8. The van der Waals surface area contributed by atoms with Crippen LogP contribution in [0.15, 0.2) is 48.6 Å². The second kappa shape index (κ2) is 77.1. The molecule has 0 heterocycles. The molecule has 5 heteroatoms. The molecule has 0 saturated carbocycles. The highest BCUT2D eigenvalue weighted by molar-refractivity contribution is 5.70. The van der Waals surface area contributed by atoms with E-state index < -0.39 is 6.10 Å². The zero-order chi connectivity index (χ0) is 61.9. The quantitative estimate of drug-likeness (QED) is 0.0373. The Balaban J connectivity index is 3.36. The molecule has 0 radical (unpaired) electrons. The summed E-state index contributed by atoms with van der Waals surface area (Å²) in [6.45, 7) is 4.19. The first-order chi connectivity index (χ1) is 42.6. The number of ether oxygens (including phenoxy) is 2. The summed E-state index contributed by atoms with van der Waals surface area (Å²) in [5.41, 5.74) is 0. The monoisotopic (exact) mass is 1210 g/mol.